The Hall–Kier alpha value is -2.89. The first kappa shape index (κ1) is 22.3. The van der Waals surface area contributed by atoms with Gasteiger partial charge >= 0.3 is 6.18 Å². The molecule has 1 amide bonds. The predicted molar refractivity (Wildman–Crippen MR) is 111 cm³/mol. The van der Waals surface area contributed by atoms with Crippen molar-refractivity contribution in [3.63, 3.8) is 0 Å². The van der Waals surface area contributed by atoms with E-state index in [-0.39, 0.29) is 27.3 Å². The van der Waals surface area contributed by atoms with E-state index >= 15 is 0 Å². The Balaban J connectivity index is 1.65. The minimum absolute atomic E-state index is 0.0253. The molecule has 0 aliphatic heterocycles. The number of benzene rings is 2. The van der Waals surface area contributed by atoms with Gasteiger partial charge < -0.3 is 5.32 Å². The summed E-state index contributed by atoms with van der Waals surface area (Å²) in [4.78, 5) is 12.6. The molecule has 32 heavy (non-hydrogen) atoms. The molecule has 2 N–H and O–H groups in total. The third kappa shape index (κ3) is 4.79. The fourth-order valence-corrected chi connectivity index (χ4v) is 4.55. The zero-order valence-corrected chi connectivity index (χ0v) is 17.8. The Morgan fingerprint density at radius 2 is 1.84 bits per heavy atom. The summed E-state index contributed by atoms with van der Waals surface area (Å²) in [5.74, 6) is -1.09. The predicted octanol–water partition coefficient (Wildman–Crippen LogP) is 4.24. The highest BCUT2D eigenvalue weighted by atomic mass is 35.5. The molecule has 1 aromatic heterocycles. The molecule has 1 aliphatic carbocycles. The SMILES string of the molecule is O=C(Nc1cccc(S(=O)(=O)NC2CC2)c1)c1cnn(-c2cccc(Cl)c2)c1C(F)(F)F. The second-order valence-electron chi connectivity index (χ2n) is 7.17. The van der Waals surface area contributed by atoms with Gasteiger partial charge in [-0.1, -0.05) is 23.7 Å². The van der Waals surface area contributed by atoms with Crippen LogP contribution in [0.1, 0.15) is 28.9 Å². The quantitative estimate of drug-likeness (QED) is 0.547. The fraction of sp³-hybridized carbons (Fsp3) is 0.200. The van der Waals surface area contributed by atoms with Crippen LogP contribution in [0, 0.1) is 0 Å². The maximum Gasteiger partial charge on any atom is 0.434 e. The van der Waals surface area contributed by atoms with Gasteiger partial charge in [0, 0.05) is 16.8 Å². The molecule has 0 bridgehead atoms. The van der Waals surface area contributed by atoms with Gasteiger partial charge in [0.05, 0.1) is 22.3 Å². The van der Waals surface area contributed by atoms with Crippen LogP contribution in [0.15, 0.2) is 59.6 Å². The number of nitrogens with one attached hydrogen (secondary N) is 2. The molecular weight excluding hydrogens is 469 g/mol. The lowest BCUT2D eigenvalue weighted by Crippen LogP contribution is -2.26. The van der Waals surface area contributed by atoms with E-state index in [2.05, 4.69) is 15.1 Å². The summed E-state index contributed by atoms with van der Waals surface area (Å²) in [7, 11) is -3.80. The Labute approximate surface area is 186 Å². The standard InChI is InChI=1S/C20H16ClF3N4O3S/c21-12-3-1-5-15(9-12)28-18(20(22,23)24)17(11-25-28)19(29)26-14-4-2-6-16(10-14)32(30,31)27-13-7-8-13/h1-6,9-11,13,27H,7-8H2,(H,26,29). The summed E-state index contributed by atoms with van der Waals surface area (Å²) < 4.78 is 69.3. The monoisotopic (exact) mass is 484 g/mol. The smallest absolute Gasteiger partial charge is 0.322 e. The molecule has 1 saturated carbocycles. The van der Waals surface area contributed by atoms with Crippen molar-refractivity contribution in [2.75, 3.05) is 5.32 Å². The molecule has 1 heterocycles. The zero-order chi connectivity index (χ0) is 23.1. The number of amides is 1. The molecule has 0 spiro atoms. The maximum atomic E-state index is 13.8. The van der Waals surface area contributed by atoms with Crippen molar-refractivity contribution >= 4 is 33.2 Å². The maximum absolute atomic E-state index is 13.8. The molecule has 0 unspecified atom stereocenters. The van der Waals surface area contributed by atoms with Gasteiger partial charge in [-0.05, 0) is 49.2 Å². The summed E-state index contributed by atoms with van der Waals surface area (Å²) >= 11 is 5.87. The van der Waals surface area contributed by atoms with Crippen LogP contribution in [-0.4, -0.2) is 30.1 Å². The van der Waals surface area contributed by atoms with Crippen LogP contribution in [0.2, 0.25) is 5.02 Å². The lowest BCUT2D eigenvalue weighted by molar-refractivity contribution is -0.143. The molecule has 7 nitrogen and oxygen atoms in total. The lowest BCUT2D eigenvalue weighted by atomic mass is 10.2. The largest absolute Gasteiger partial charge is 0.434 e. The Morgan fingerprint density at radius 3 is 2.50 bits per heavy atom. The number of carbonyl (C=O) groups is 1. The number of anilines is 1. The minimum Gasteiger partial charge on any atom is -0.322 e. The molecule has 1 fully saturated rings. The highest BCUT2D eigenvalue weighted by Gasteiger charge is 2.40. The van der Waals surface area contributed by atoms with Gasteiger partial charge in [0.15, 0.2) is 5.69 Å². The van der Waals surface area contributed by atoms with Crippen molar-refractivity contribution in [1.29, 1.82) is 0 Å². The van der Waals surface area contributed by atoms with Gasteiger partial charge in [-0.2, -0.15) is 18.3 Å². The van der Waals surface area contributed by atoms with Crippen LogP contribution >= 0.6 is 11.6 Å². The average molecular weight is 485 g/mol. The number of sulfonamides is 1. The first-order valence-electron chi connectivity index (χ1n) is 9.39. The molecule has 12 heteroatoms. The van der Waals surface area contributed by atoms with Crippen molar-refractivity contribution in [1.82, 2.24) is 14.5 Å². The van der Waals surface area contributed by atoms with Crippen molar-refractivity contribution in [3.8, 4) is 5.69 Å². The molecule has 4 rings (SSSR count). The van der Waals surface area contributed by atoms with Crippen molar-refractivity contribution in [3.05, 3.63) is 71.0 Å². The second-order valence-corrected chi connectivity index (χ2v) is 9.32. The van der Waals surface area contributed by atoms with E-state index in [4.69, 9.17) is 11.6 Å². The van der Waals surface area contributed by atoms with E-state index in [0.29, 0.717) is 4.68 Å². The molecule has 0 radical (unpaired) electrons. The first-order valence-corrected chi connectivity index (χ1v) is 11.3. The van der Waals surface area contributed by atoms with Crippen molar-refractivity contribution < 1.29 is 26.4 Å². The number of halogens is 4. The van der Waals surface area contributed by atoms with Gasteiger partial charge in [0.25, 0.3) is 5.91 Å². The van der Waals surface area contributed by atoms with Gasteiger partial charge in [0.1, 0.15) is 0 Å². The van der Waals surface area contributed by atoms with E-state index in [1.165, 1.54) is 48.5 Å². The van der Waals surface area contributed by atoms with E-state index in [1.807, 2.05) is 0 Å². The summed E-state index contributed by atoms with van der Waals surface area (Å²) in [5, 5.41) is 6.25. The topological polar surface area (TPSA) is 93.1 Å². The van der Waals surface area contributed by atoms with Crippen LogP contribution in [-0.2, 0) is 16.2 Å². The minimum atomic E-state index is -4.90. The molecule has 2 aromatic carbocycles. The molecule has 0 atom stereocenters. The van der Waals surface area contributed by atoms with E-state index in [0.717, 1.165) is 19.0 Å². The number of aromatic nitrogens is 2. The van der Waals surface area contributed by atoms with Crippen LogP contribution < -0.4 is 10.0 Å². The van der Waals surface area contributed by atoms with Gasteiger partial charge in [-0.15, -0.1) is 0 Å². The third-order valence-electron chi connectivity index (χ3n) is 4.64. The summed E-state index contributed by atoms with van der Waals surface area (Å²) in [6.07, 6.45) is -2.61. The number of rotatable bonds is 6. The molecular formula is C20H16ClF3N4O3S. The molecule has 1 aliphatic rings. The molecule has 168 valence electrons. The van der Waals surface area contributed by atoms with Crippen molar-refractivity contribution in [2.24, 2.45) is 0 Å². The lowest BCUT2D eigenvalue weighted by Gasteiger charge is -2.13. The normalized spacial score (nSPS) is 14.4. The van der Waals surface area contributed by atoms with E-state index in [1.54, 1.807) is 0 Å². The number of nitrogens with zero attached hydrogens (tertiary/aromatic N) is 2. The number of hydrogen-bond acceptors (Lipinski definition) is 4. The highest BCUT2D eigenvalue weighted by Crippen LogP contribution is 2.34. The first-order chi connectivity index (χ1) is 15.0. The number of hydrogen-bond donors (Lipinski definition) is 2. The van der Waals surface area contributed by atoms with Gasteiger partial charge in [-0.3, -0.25) is 4.79 Å². The van der Waals surface area contributed by atoms with Gasteiger partial charge in [0.2, 0.25) is 10.0 Å². The van der Waals surface area contributed by atoms with Crippen LogP contribution in [0.25, 0.3) is 5.69 Å². The van der Waals surface area contributed by atoms with E-state index in [9.17, 15) is 26.4 Å². The number of alkyl halides is 3. The van der Waals surface area contributed by atoms with Gasteiger partial charge in [-0.25, -0.2) is 17.8 Å². The zero-order valence-electron chi connectivity index (χ0n) is 16.2. The Bertz CT molecular complexity index is 1290. The highest BCUT2D eigenvalue weighted by molar-refractivity contribution is 7.89. The molecule has 3 aromatic rings. The molecule has 0 saturated heterocycles. The Morgan fingerprint density at radius 1 is 1.12 bits per heavy atom. The fourth-order valence-electron chi connectivity index (χ4n) is 3.02. The average Bonchev–Trinajstić information content (AvgIpc) is 3.38. The van der Waals surface area contributed by atoms with Crippen molar-refractivity contribution in [2.45, 2.75) is 30.0 Å². The summed E-state index contributed by atoms with van der Waals surface area (Å²) in [6, 6.07) is 10.8. The van der Waals surface area contributed by atoms with E-state index < -0.39 is 33.4 Å². The third-order valence-corrected chi connectivity index (χ3v) is 6.39. The Kier molecular flexibility index (Phi) is 5.74. The van der Waals surface area contributed by atoms with Crippen LogP contribution in [0.3, 0.4) is 0 Å². The summed E-state index contributed by atoms with van der Waals surface area (Å²) in [5.41, 5.74) is -1.95. The number of carbonyl (C=O) groups excluding carboxylic acids is 1. The van der Waals surface area contributed by atoms with Crippen LogP contribution in [0.4, 0.5) is 18.9 Å². The second kappa shape index (κ2) is 8.23. The van der Waals surface area contributed by atoms with Crippen LogP contribution in [0.5, 0.6) is 0 Å². The summed E-state index contributed by atoms with van der Waals surface area (Å²) in [6.45, 7) is 0.